The Labute approximate surface area is 101 Å². The van der Waals surface area contributed by atoms with Crippen molar-refractivity contribution in [3.05, 3.63) is 47.4 Å². The highest BCUT2D eigenvalue weighted by Gasteiger charge is 2.00. The second kappa shape index (κ2) is 4.93. The summed E-state index contributed by atoms with van der Waals surface area (Å²) in [5.74, 6) is 1.58. The Balaban J connectivity index is 2.24. The smallest absolute Gasteiger partial charge is 0.134 e. The fraction of sp³-hybridized carbons (Fsp3) is 0.231. The zero-order valence-corrected chi connectivity index (χ0v) is 10.1. The molecule has 1 aromatic heterocycles. The van der Waals surface area contributed by atoms with E-state index >= 15 is 0 Å². The molecule has 2 rings (SSSR count). The molecular formula is C13H16N4. The number of hydrogen-bond donors (Lipinski definition) is 2. The zero-order valence-electron chi connectivity index (χ0n) is 10.1. The van der Waals surface area contributed by atoms with Gasteiger partial charge >= 0.3 is 0 Å². The number of hydrogen-bond acceptors (Lipinski definition) is 4. The van der Waals surface area contributed by atoms with Crippen LogP contribution in [0.5, 0.6) is 0 Å². The Hall–Kier alpha value is -1.94. The van der Waals surface area contributed by atoms with Crippen molar-refractivity contribution < 1.29 is 0 Å². The van der Waals surface area contributed by atoms with E-state index in [-0.39, 0.29) is 0 Å². The molecule has 0 saturated carbocycles. The molecule has 4 heteroatoms. The van der Waals surface area contributed by atoms with Crippen molar-refractivity contribution in [3.8, 4) is 0 Å². The van der Waals surface area contributed by atoms with Gasteiger partial charge in [-0.25, -0.2) is 9.97 Å². The van der Waals surface area contributed by atoms with Crippen LogP contribution in [0.4, 0.5) is 11.5 Å². The van der Waals surface area contributed by atoms with Crippen LogP contribution in [0.25, 0.3) is 0 Å². The molecule has 0 fully saturated rings. The van der Waals surface area contributed by atoms with E-state index in [1.807, 2.05) is 44.2 Å². The van der Waals surface area contributed by atoms with Crippen molar-refractivity contribution >= 4 is 11.5 Å². The summed E-state index contributed by atoms with van der Waals surface area (Å²) in [4.78, 5) is 8.57. The van der Waals surface area contributed by atoms with E-state index in [0.717, 1.165) is 28.6 Å². The summed E-state index contributed by atoms with van der Waals surface area (Å²) in [6.45, 7) is 4.38. The number of nitrogens with zero attached hydrogens (tertiary/aromatic N) is 2. The molecule has 4 nitrogen and oxygen atoms in total. The molecule has 1 aromatic carbocycles. The molecule has 0 radical (unpaired) electrons. The van der Waals surface area contributed by atoms with Gasteiger partial charge in [-0.05, 0) is 31.5 Å². The van der Waals surface area contributed by atoms with Crippen LogP contribution >= 0.6 is 0 Å². The number of aromatic nitrogens is 2. The van der Waals surface area contributed by atoms with Gasteiger partial charge in [0.1, 0.15) is 11.6 Å². The fourth-order valence-corrected chi connectivity index (χ4v) is 1.70. The lowest BCUT2D eigenvalue weighted by Gasteiger charge is -2.08. The summed E-state index contributed by atoms with van der Waals surface area (Å²) in [6.07, 6.45) is 0. The minimum atomic E-state index is 0.539. The molecule has 3 N–H and O–H groups in total. The Morgan fingerprint density at radius 2 is 2.00 bits per heavy atom. The van der Waals surface area contributed by atoms with Crippen LogP contribution in [0, 0.1) is 13.8 Å². The van der Waals surface area contributed by atoms with Crippen molar-refractivity contribution in [2.45, 2.75) is 20.4 Å². The van der Waals surface area contributed by atoms with Crippen LogP contribution in [-0.4, -0.2) is 9.97 Å². The molecule has 2 aromatic rings. The number of nitrogens with two attached hydrogens (primary N) is 1. The molecule has 0 aliphatic heterocycles. The van der Waals surface area contributed by atoms with E-state index in [4.69, 9.17) is 5.73 Å². The highest BCUT2D eigenvalue weighted by molar-refractivity contribution is 5.57. The van der Waals surface area contributed by atoms with E-state index < -0.39 is 0 Å². The maximum Gasteiger partial charge on any atom is 0.134 e. The van der Waals surface area contributed by atoms with Crippen LogP contribution < -0.4 is 11.1 Å². The number of rotatable bonds is 3. The van der Waals surface area contributed by atoms with Crippen LogP contribution in [-0.2, 0) is 6.54 Å². The summed E-state index contributed by atoms with van der Waals surface area (Å²) < 4.78 is 0. The molecule has 0 amide bonds. The Morgan fingerprint density at radius 3 is 2.71 bits per heavy atom. The molecule has 0 aliphatic rings. The van der Waals surface area contributed by atoms with Gasteiger partial charge in [0.05, 0.1) is 0 Å². The highest BCUT2D eigenvalue weighted by atomic mass is 15.0. The van der Waals surface area contributed by atoms with E-state index in [1.54, 1.807) is 0 Å². The molecule has 0 bridgehead atoms. The summed E-state index contributed by atoms with van der Waals surface area (Å²) in [5, 5.41) is 3.25. The fourth-order valence-electron chi connectivity index (χ4n) is 1.70. The van der Waals surface area contributed by atoms with Crippen LogP contribution in [0.2, 0.25) is 0 Å². The molecule has 1 heterocycles. The topological polar surface area (TPSA) is 63.8 Å². The standard InChI is InChI=1S/C13H16N4/c1-9-6-13(16-10(2)15-9)17-12-5-3-4-11(7-12)8-14/h3-7H,8,14H2,1-2H3,(H,15,16,17). The van der Waals surface area contributed by atoms with Crippen LogP contribution in [0.15, 0.2) is 30.3 Å². The first-order valence-corrected chi connectivity index (χ1v) is 5.55. The summed E-state index contributed by atoms with van der Waals surface area (Å²) >= 11 is 0. The maximum atomic E-state index is 5.61. The Kier molecular flexibility index (Phi) is 3.35. The first-order chi connectivity index (χ1) is 8.17. The summed E-state index contributed by atoms with van der Waals surface area (Å²) in [7, 11) is 0. The lowest BCUT2D eigenvalue weighted by molar-refractivity contribution is 1.01. The van der Waals surface area contributed by atoms with Gasteiger partial charge in [-0.15, -0.1) is 0 Å². The second-order valence-corrected chi connectivity index (χ2v) is 3.97. The van der Waals surface area contributed by atoms with Gasteiger partial charge in [0.15, 0.2) is 0 Å². The Morgan fingerprint density at radius 1 is 1.18 bits per heavy atom. The van der Waals surface area contributed by atoms with Crippen molar-refractivity contribution in [3.63, 3.8) is 0 Å². The van der Waals surface area contributed by atoms with Gasteiger partial charge in [-0.2, -0.15) is 0 Å². The van der Waals surface area contributed by atoms with E-state index in [1.165, 1.54) is 0 Å². The predicted octanol–water partition coefficient (Wildman–Crippen LogP) is 2.30. The lowest BCUT2D eigenvalue weighted by atomic mass is 10.2. The molecule has 17 heavy (non-hydrogen) atoms. The molecule has 0 aliphatic carbocycles. The molecule has 88 valence electrons. The van der Waals surface area contributed by atoms with Gasteiger partial charge in [0, 0.05) is 24.0 Å². The molecule has 0 unspecified atom stereocenters. The van der Waals surface area contributed by atoms with Gasteiger partial charge in [-0.1, -0.05) is 12.1 Å². The third kappa shape index (κ3) is 3.01. The van der Waals surface area contributed by atoms with E-state index in [0.29, 0.717) is 6.54 Å². The third-order valence-corrected chi connectivity index (χ3v) is 2.40. The van der Waals surface area contributed by atoms with Crippen molar-refractivity contribution in [1.29, 1.82) is 0 Å². The van der Waals surface area contributed by atoms with Crippen molar-refractivity contribution in [2.75, 3.05) is 5.32 Å². The van der Waals surface area contributed by atoms with Gasteiger partial charge in [0.25, 0.3) is 0 Å². The van der Waals surface area contributed by atoms with Gasteiger partial charge in [-0.3, -0.25) is 0 Å². The minimum absolute atomic E-state index is 0.539. The summed E-state index contributed by atoms with van der Waals surface area (Å²) in [5.41, 5.74) is 8.65. The Bertz CT molecular complexity index is 502. The number of aryl methyl sites for hydroxylation is 2. The normalized spacial score (nSPS) is 10.3. The third-order valence-electron chi connectivity index (χ3n) is 2.40. The van der Waals surface area contributed by atoms with Crippen LogP contribution in [0.3, 0.4) is 0 Å². The predicted molar refractivity (Wildman–Crippen MR) is 69.1 cm³/mol. The highest BCUT2D eigenvalue weighted by Crippen LogP contribution is 2.16. The molecule has 0 atom stereocenters. The minimum Gasteiger partial charge on any atom is -0.340 e. The average molecular weight is 228 g/mol. The summed E-state index contributed by atoms with van der Waals surface area (Å²) in [6, 6.07) is 9.91. The van der Waals surface area contributed by atoms with Gasteiger partial charge < -0.3 is 11.1 Å². The zero-order chi connectivity index (χ0) is 12.3. The SMILES string of the molecule is Cc1cc(Nc2cccc(CN)c2)nc(C)n1. The first kappa shape index (κ1) is 11.5. The largest absolute Gasteiger partial charge is 0.340 e. The lowest BCUT2D eigenvalue weighted by Crippen LogP contribution is -2.00. The number of benzene rings is 1. The van der Waals surface area contributed by atoms with Crippen molar-refractivity contribution in [2.24, 2.45) is 5.73 Å². The number of nitrogens with one attached hydrogen (secondary N) is 1. The quantitative estimate of drug-likeness (QED) is 0.846. The van der Waals surface area contributed by atoms with E-state index in [2.05, 4.69) is 15.3 Å². The van der Waals surface area contributed by atoms with E-state index in [9.17, 15) is 0 Å². The monoisotopic (exact) mass is 228 g/mol. The maximum absolute atomic E-state index is 5.61. The second-order valence-electron chi connectivity index (χ2n) is 3.97. The molecule has 0 saturated heterocycles. The number of anilines is 2. The molecule has 0 spiro atoms. The first-order valence-electron chi connectivity index (χ1n) is 5.55. The van der Waals surface area contributed by atoms with Crippen molar-refractivity contribution in [1.82, 2.24) is 9.97 Å². The molecular weight excluding hydrogens is 212 g/mol. The van der Waals surface area contributed by atoms with Crippen LogP contribution in [0.1, 0.15) is 17.1 Å². The van der Waals surface area contributed by atoms with Gasteiger partial charge in [0.2, 0.25) is 0 Å². The average Bonchev–Trinajstić information content (AvgIpc) is 2.28.